The van der Waals surface area contributed by atoms with Gasteiger partial charge in [0.25, 0.3) is 0 Å². The maximum atomic E-state index is 6.08. The molecule has 0 fully saturated rings. The highest BCUT2D eigenvalue weighted by molar-refractivity contribution is 6.31. The molecular weight excluding hydrogens is 272 g/mol. The maximum absolute atomic E-state index is 6.08. The topological polar surface area (TPSA) is 27.1 Å². The van der Waals surface area contributed by atoms with Gasteiger partial charge >= 0.3 is 0 Å². The quantitative estimate of drug-likeness (QED) is 0.715. The van der Waals surface area contributed by atoms with Gasteiger partial charge in [-0.25, -0.2) is 0 Å². The van der Waals surface area contributed by atoms with Crippen molar-refractivity contribution < 1.29 is 4.74 Å². The van der Waals surface area contributed by atoms with Gasteiger partial charge in [-0.1, -0.05) is 17.7 Å². The molecule has 2 aromatic heterocycles. The standard InChI is InChI=1S/C16H15ClN2O/c1-2-19-14(11-20-15-4-3-7-18-10-15)8-12-5-6-13(17)9-16(12)19/h3-10H,2,11H2,1H3. The third kappa shape index (κ3) is 2.49. The van der Waals surface area contributed by atoms with Crippen LogP contribution < -0.4 is 4.74 Å². The van der Waals surface area contributed by atoms with Gasteiger partial charge in [0.15, 0.2) is 0 Å². The first-order chi connectivity index (χ1) is 9.78. The number of pyridine rings is 1. The predicted octanol–water partition coefficient (Wildman–Crippen LogP) is 4.29. The van der Waals surface area contributed by atoms with Crippen LogP contribution in [-0.2, 0) is 13.2 Å². The summed E-state index contributed by atoms with van der Waals surface area (Å²) in [6, 6.07) is 11.9. The zero-order valence-corrected chi connectivity index (χ0v) is 12.0. The van der Waals surface area contributed by atoms with Crippen molar-refractivity contribution >= 4 is 22.5 Å². The molecule has 0 atom stereocenters. The van der Waals surface area contributed by atoms with E-state index in [1.165, 1.54) is 5.39 Å². The van der Waals surface area contributed by atoms with Crippen LogP contribution in [0, 0.1) is 0 Å². The Morgan fingerprint density at radius 2 is 2.15 bits per heavy atom. The number of aryl methyl sites for hydroxylation is 1. The van der Waals surface area contributed by atoms with Crippen LogP contribution in [0.5, 0.6) is 5.75 Å². The van der Waals surface area contributed by atoms with Gasteiger partial charge in [-0.2, -0.15) is 0 Å². The van der Waals surface area contributed by atoms with Crippen LogP contribution in [0.3, 0.4) is 0 Å². The molecule has 3 rings (SSSR count). The Kier molecular flexibility index (Phi) is 3.61. The van der Waals surface area contributed by atoms with Gasteiger partial charge in [-0.05, 0) is 37.3 Å². The van der Waals surface area contributed by atoms with Gasteiger partial charge in [-0.15, -0.1) is 0 Å². The summed E-state index contributed by atoms with van der Waals surface area (Å²) in [4.78, 5) is 4.04. The summed E-state index contributed by atoms with van der Waals surface area (Å²) in [5, 5.41) is 1.94. The number of ether oxygens (including phenoxy) is 1. The molecule has 0 radical (unpaired) electrons. The number of nitrogens with zero attached hydrogens (tertiary/aromatic N) is 2. The number of halogens is 1. The Morgan fingerprint density at radius 1 is 1.25 bits per heavy atom. The highest BCUT2D eigenvalue weighted by atomic mass is 35.5. The Morgan fingerprint density at radius 3 is 2.90 bits per heavy atom. The number of aromatic nitrogens is 2. The summed E-state index contributed by atoms with van der Waals surface area (Å²) in [7, 11) is 0. The lowest BCUT2D eigenvalue weighted by atomic mass is 10.2. The average Bonchev–Trinajstić information content (AvgIpc) is 2.83. The van der Waals surface area contributed by atoms with E-state index < -0.39 is 0 Å². The fourth-order valence-corrected chi connectivity index (χ4v) is 2.53. The van der Waals surface area contributed by atoms with E-state index in [0.29, 0.717) is 6.61 Å². The first-order valence-corrected chi connectivity index (χ1v) is 6.96. The molecule has 0 aliphatic carbocycles. The van der Waals surface area contributed by atoms with Gasteiger partial charge in [0, 0.05) is 28.7 Å². The molecule has 0 bridgehead atoms. The van der Waals surface area contributed by atoms with Crippen molar-refractivity contribution in [3.05, 3.63) is 59.5 Å². The van der Waals surface area contributed by atoms with Crippen molar-refractivity contribution in [2.45, 2.75) is 20.1 Å². The minimum atomic E-state index is 0.520. The second-order valence-electron chi connectivity index (χ2n) is 4.56. The summed E-state index contributed by atoms with van der Waals surface area (Å²) >= 11 is 6.08. The third-order valence-electron chi connectivity index (χ3n) is 3.29. The van der Waals surface area contributed by atoms with Crippen LogP contribution in [0.25, 0.3) is 10.9 Å². The first-order valence-electron chi connectivity index (χ1n) is 6.58. The van der Waals surface area contributed by atoms with Crippen molar-refractivity contribution in [3.63, 3.8) is 0 Å². The van der Waals surface area contributed by atoms with E-state index in [1.807, 2.05) is 30.3 Å². The molecule has 0 unspecified atom stereocenters. The molecule has 0 aliphatic heterocycles. The highest BCUT2D eigenvalue weighted by Gasteiger charge is 2.08. The molecule has 3 aromatic rings. The van der Waals surface area contributed by atoms with E-state index in [9.17, 15) is 0 Å². The summed E-state index contributed by atoms with van der Waals surface area (Å²) < 4.78 is 8.00. The molecule has 102 valence electrons. The summed E-state index contributed by atoms with van der Waals surface area (Å²) in [6.45, 7) is 3.52. The molecule has 0 aliphatic rings. The van der Waals surface area contributed by atoms with E-state index >= 15 is 0 Å². The van der Waals surface area contributed by atoms with Crippen LogP contribution in [0.2, 0.25) is 5.02 Å². The Balaban J connectivity index is 1.91. The zero-order chi connectivity index (χ0) is 13.9. The molecule has 0 amide bonds. The van der Waals surface area contributed by atoms with Crippen LogP contribution >= 0.6 is 11.6 Å². The van der Waals surface area contributed by atoms with Crippen molar-refractivity contribution in [2.24, 2.45) is 0 Å². The van der Waals surface area contributed by atoms with Crippen molar-refractivity contribution in [1.29, 1.82) is 0 Å². The van der Waals surface area contributed by atoms with E-state index in [-0.39, 0.29) is 0 Å². The molecule has 0 saturated carbocycles. The summed E-state index contributed by atoms with van der Waals surface area (Å²) in [5.41, 5.74) is 2.28. The minimum absolute atomic E-state index is 0.520. The van der Waals surface area contributed by atoms with Gasteiger partial charge in [0.2, 0.25) is 0 Å². The second kappa shape index (κ2) is 5.55. The molecule has 0 saturated heterocycles. The maximum Gasteiger partial charge on any atom is 0.138 e. The largest absolute Gasteiger partial charge is 0.486 e. The number of hydrogen-bond acceptors (Lipinski definition) is 2. The minimum Gasteiger partial charge on any atom is -0.486 e. The first kappa shape index (κ1) is 13.0. The number of rotatable bonds is 4. The SMILES string of the molecule is CCn1c(COc2cccnc2)cc2ccc(Cl)cc21. The van der Waals surface area contributed by atoms with Crippen molar-refractivity contribution in [3.8, 4) is 5.75 Å². The molecule has 4 heteroatoms. The van der Waals surface area contributed by atoms with Gasteiger partial charge in [0.05, 0.1) is 11.9 Å². The molecule has 2 heterocycles. The number of benzene rings is 1. The van der Waals surface area contributed by atoms with E-state index in [1.54, 1.807) is 12.4 Å². The smallest absolute Gasteiger partial charge is 0.138 e. The van der Waals surface area contributed by atoms with Crippen LogP contribution in [0.15, 0.2) is 48.8 Å². The van der Waals surface area contributed by atoms with Crippen molar-refractivity contribution in [1.82, 2.24) is 9.55 Å². The van der Waals surface area contributed by atoms with Crippen LogP contribution in [0.4, 0.5) is 0 Å². The fraction of sp³-hybridized carbons (Fsp3) is 0.188. The summed E-state index contributed by atoms with van der Waals surface area (Å²) in [6.07, 6.45) is 3.45. The number of hydrogen-bond donors (Lipinski definition) is 0. The Labute approximate surface area is 122 Å². The molecule has 0 N–H and O–H groups in total. The monoisotopic (exact) mass is 286 g/mol. The Bertz CT molecular complexity index is 722. The lowest BCUT2D eigenvalue weighted by Crippen LogP contribution is -2.04. The van der Waals surface area contributed by atoms with Gasteiger partial charge < -0.3 is 9.30 Å². The highest BCUT2D eigenvalue weighted by Crippen LogP contribution is 2.24. The van der Waals surface area contributed by atoms with Gasteiger partial charge in [0.1, 0.15) is 12.4 Å². The van der Waals surface area contributed by atoms with E-state index in [0.717, 1.165) is 28.5 Å². The molecular formula is C16H15ClN2O. The Hall–Kier alpha value is -2.00. The molecule has 0 spiro atoms. The average molecular weight is 287 g/mol. The fourth-order valence-electron chi connectivity index (χ4n) is 2.37. The normalized spacial score (nSPS) is 10.9. The second-order valence-corrected chi connectivity index (χ2v) is 5.00. The predicted molar refractivity (Wildman–Crippen MR) is 81.2 cm³/mol. The van der Waals surface area contributed by atoms with Crippen molar-refractivity contribution in [2.75, 3.05) is 0 Å². The lowest BCUT2D eigenvalue weighted by Gasteiger charge is -2.09. The molecule has 1 aromatic carbocycles. The van der Waals surface area contributed by atoms with Crippen LogP contribution in [0.1, 0.15) is 12.6 Å². The number of fused-ring (bicyclic) bond motifs is 1. The van der Waals surface area contributed by atoms with Gasteiger partial charge in [-0.3, -0.25) is 4.98 Å². The van der Waals surface area contributed by atoms with Crippen LogP contribution in [-0.4, -0.2) is 9.55 Å². The lowest BCUT2D eigenvalue weighted by molar-refractivity contribution is 0.295. The van der Waals surface area contributed by atoms with E-state index in [2.05, 4.69) is 22.5 Å². The molecule has 20 heavy (non-hydrogen) atoms. The van der Waals surface area contributed by atoms with E-state index in [4.69, 9.17) is 16.3 Å². The zero-order valence-electron chi connectivity index (χ0n) is 11.2. The third-order valence-corrected chi connectivity index (χ3v) is 3.52. The summed E-state index contributed by atoms with van der Waals surface area (Å²) in [5.74, 6) is 0.776. The molecule has 3 nitrogen and oxygen atoms in total.